The summed E-state index contributed by atoms with van der Waals surface area (Å²) in [4.78, 5) is 48.1. The number of Topliss-reactive ketones (excluding diaryl/α,β-unsaturated/α-hetero) is 1. The third-order valence-corrected chi connectivity index (χ3v) is 3.27. The van der Waals surface area contributed by atoms with Crippen LogP contribution in [-0.4, -0.2) is 47.6 Å². The van der Waals surface area contributed by atoms with Gasteiger partial charge < -0.3 is 4.74 Å². The average molecular weight is 290 g/mol. The van der Waals surface area contributed by atoms with E-state index < -0.39 is 17.8 Å². The largest absolute Gasteiger partial charge is 0.496 e. The molecule has 1 fully saturated rings. The van der Waals surface area contributed by atoms with Crippen molar-refractivity contribution in [3.8, 4) is 5.75 Å². The first-order valence-corrected chi connectivity index (χ1v) is 6.18. The van der Waals surface area contributed by atoms with E-state index in [1.165, 1.54) is 21.1 Å². The zero-order valence-corrected chi connectivity index (χ0v) is 11.9. The summed E-state index contributed by atoms with van der Waals surface area (Å²) in [5.74, 6) is -1.48. The van der Waals surface area contributed by atoms with Gasteiger partial charge in [0.05, 0.1) is 13.7 Å². The topological polar surface area (TPSA) is 84.0 Å². The molecule has 0 unspecified atom stereocenters. The number of carbonyl (C=O) groups is 4. The zero-order valence-electron chi connectivity index (χ0n) is 11.9. The van der Waals surface area contributed by atoms with Gasteiger partial charge >= 0.3 is 17.8 Å². The molecule has 0 atom stereocenters. The fraction of sp³-hybridized carbons (Fsp3) is 0.286. The fourth-order valence-corrected chi connectivity index (χ4v) is 2.04. The Morgan fingerprint density at radius 3 is 2.33 bits per heavy atom. The van der Waals surface area contributed by atoms with E-state index in [4.69, 9.17) is 4.74 Å². The van der Waals surface area contributed by atoms with E-state index in [9.17, 15) is 19.2 Å². The lowest BCUT2D eigenvalue weighted by molar-refractivity contribution is -0.143. The van der Waals surface area contributed by atoms with Gasteiger partial charge in [-0.25, -0.2) is 4.79 Å². The van der Waals surface area contributed by atoms with Gasteiger partial charge in [-0.05, 0) is 25.1 Å². The van der Waals surface area contributed by atoms with Gasteiger partial charge in [-0.15, -0.1) is 0 Å². The summed E-state index contributed by atoms with van der Waals surface area (Å²) < 4.78 is 5.16. The van der Waals surface area contributed by atoms with Crippen molar-refractivity contribution >= 4 is 23.6 Å². The number of benzene rings is 1. The van der Waals surface area contributed by atoms with Crippen molar-refractivity contribution in [3.63, 3.8) is 0 Å². The van der Waals surface area contributed by atoms with Crippen molar-refractivity contribution in [2.45, 2.75) is 13.5 Å². The van der Waals surface area contributed by atoms with Gasteiger partial charge in [0.2, 0.25) is 0 Å². The predicted octanol–water partition coefficient (Wildman–Crippen LogP) is 0.818. The van der Waals surface area contributed by atoms with Gasteiger partial charge in [-0.2, -0.15) is 0 Å². The molecule has 1 aromatic carbocycles. The number of rotatable bonds is 4. The molecule has 1 aliphatic rings. The number of ketones is 1. The number of amides is 4. The molecular formula is C14H14N2O5. The summed E-state index contributed by atoms with van der Waals surface area (Å²) >= 11 is 0. The third-order valence-electron chi connectivity index (χ3n) is 3.27. The highest BCUT2D eigenvalue weighted by Crippen LogP contribution is 2.24. The molecule has 110 valence electrons. The highest BCUT2D eigenvalue weighted by atomic mass is 16.5. The van der Waals surface area contributed by atoms with Crippen LogP contribution in [0.15, 0.2) is 18.2 Å². The molecule has 7 nitrogen and oxygen atoms in total. The summed E-state index contributed by atoms with van der Waals surface area (Å²) in [5.41, 5.74) is 0.916. The molecule has 0 radical (unpaired) electrons. The maximum atomic E-state index is 11.9. The average Bonchev–Trinajstić information content (AvgIpc) is 2.65. The first-order chi connectivity index (χ1) is 9.86. The van der Waals surface area contributed by atoms with E-state index in [1.54, 1.807) is 18.2 Å². The van der Waals surface area contributed by atoms with Crippen LogP contribution in [0.1, 0.15) is 22.8 Å². The lowest BCUT2D eigenvalue weighted by Crippen LogP contribution is -2.31. The standard InChI is InChI=1S/C14H14N2O5/c1-8(17)9-4-5-11(21-3)10(6-9)7-16-13(19)12(18)15(2)14(16)20/h4-6H,7H2,1-3H3. The number of methoxy groups -OCH3 is 1. The van der Waals surface area contributed by atoms with E-state index >= 15 is 0 Å². The van der Waals surface area contributed by atoms with Crippen LogP contribution < -0.4 is 4.74 Å². The first kappa shape index (κ1) is 14.7. The highest BCUT2D eigenvalue weighted by Gasteiger charge is 2.42. The lowest BCUT2D eigenvalue weighted by atomic mass is 10.1. The molecule has 0 N–H and O–H groups in total. The molecule has 7 heteroatoms. The molecule has 4 amide bonds. The Kier molecular flexibility index (Phi) is 3.75. The highest BCUT2D eigenvalue weighted by molar-refractivity contribution is 6.44. The molecule has 1 saturated heterocycles. The summed E-state index contributed by atoms with van der Waals surface area (Å²) in [7, 11) is 2.68. The maximum absolute atomic E-state index is 11.9. The molecule has 0 bridgehead atoms. The van der Waals surface area contributed by atoms with Crippen LogP contribution in [0.3, 0.4) is 0 Å². The Balaban J connectivity index is 2.37. The van der Waals surface area contributed by atoms with Crippen LogP contribution in [0, 0.1) is 0 Å². The Morgan fingerprint density at radius 2 is 1.86 bits per heavy atom. The van der Waals surface area contributed by atoms with E-state index in [0.29, 0.717) is 16.9 Å². The van der Waals surface area contributed by atoms with Crippen LogP contribution >= 0.6 is 0 Å². The van der Waals surface area contributed by atoms with Gasteiger partial charge in [0.1, 0.15) is 5.75 Å². The number of ether oxygens (including phenoxy) is 1. The first-order valence-electron chi connectivity index (χ1n) is 6.18. The van der Waals surface area contributed by atoms with Crippen molar-refractivity contribution in [2.24, 2.45) is 0 Å². The Hall–Kier alpha value is -2.70. The number of nitrogens with zero attached hydrogens (tertiary/aromatic N) is 2. The van der Waals surface area contributed by atoms with Crippen LogP contribution in [0.4, 0.5) is 4.79 Å². The Morgan fingerprint density at radius 1 is 1.19 bits per heavy atom. The van der Waals surface area contributed by atoms with E-state index in [-0.39, 0.29) is 12.3 Å². The van der Waals surface area contributed by atoms with E-state index in [0.717, 1.165) is 9.80 Å². The zero-order chi connectivity index (χ0) is 15.7. The van der Waals surface area contributed by atoms with Gasteiger partial charge in [0.15, 0.2) is 5.78 Å². The molecule has 0 saturated carbocycles. The Labute approximate surface area is 121 Å². The Bertz CT molecular complexity index is 653. The maximum Gasteiger partial charge on any atom is 0.334 e. The SMILES string of the molecule is COc1ccc(C(C)=O)cc1CN1C(=O)C(=O)N(C)C1=O. The fourth-order valence-electron chi connectivity index (χ4n) is 2.04. The van der Waals surface area contributed by atoms with Crippen molar-refractivity contribution < 1.29 is 23.9 Å². The molecule has 21 heavy (non-hydrogen) atoms. The summed E-state index contributed by atoms with van der Waals surface area (Å²) in [6, 6.07) is 4.03. The number of likely N-dealkylation sites (N-methyl/N-ethyl adjacent to an activating group) is 1. The molecule has 1 heterocycles. The van der Waals surface area contributed by atoms with Crippen molar-refractivity contribution in [2.75, 3.05) is 14.2 Å². The minimum absolute atomic E-state index is 0.127. The second-order valence-electron chi connectivity index (χ2n) is 4.62. The summed E-state index contributed by atoms with van der Waals surface area (Å²) in [6.07, 6.45) is 0. The van der Waals surface area contributed by atoms with Crippen LogP contribution in [-0.2, 0) is 16.1 Å². The lowest BCUT2D eigenvalue weighted by Gasteiger charge is -2.16. The number of hydrogen-bond acceptors (Lipinski definition) is 5. The third kappa shape index (κ3) is 2.49. The molecule has 2 rings (SSSR count). The monoisotopic (exact) mass is 290 g/mol. The smallest absolute Gasteiger partial charge is 0.334 e. The number of urea groups is 1. The van der Waals surface area contributed by atoms with Gasteiger partial charge in [-0.1, -0.05) is 0 Å². The van der Waals surface area contributed by atoms with Crippen LogP contribution in [0.5, 0.6) is 5.75 Å². The van der Waals surface area contributed by atoms with Gasteiger partial charge in [0.25, 0.3) is 0 Å². The molecular weight excluding hydrogens is 276 g/mol. The van der Waals surface area contributed by atoms with Gasteiger partial charge in [-0.3, -0.25) is 24.2 Å². The number of carbonyl (C=O) groups excluding carboxylic acids is 4. The second kappa shape index (κ2) is 5.35. The summed E-state index contributed by atoms with van der Waals surface area (Å²) in [6.45, 7) is 1.28. The molecule has 0 aliphatic carbocycles. The predicted molar refractivity (Wildman–Crippen MR) is 71.7 cm³/mol. The van der Waals surface area contributed by atoms with E-state index in [1.807, 2.05) is 0 Å². The van der Waals surface area contributed by atoms with Crippen molar-refractivity contribution in [1.82, 2.24) is 9.80 Å². The minimum Gasteiger partial charge on any atom is -0.496 e. The van der Waals surface area contributed by atoms with Crippen molar-refractivity contribution in [1.29, 1.82) is 0 Å². The summed E-state index contributed by atoms with van der Waals surface area (Å²) in [5, 5.41) is 0. The van der Waals surface area contributed by atoms with E-state index in [2.05, 4.69) is 0 Å². The normalized spacial score (nSPS) is 14.9. The molecule has 0 aromatic heterocycles. The molecule has 1 aliphatic heterocycles. The minimum atomic E-state index is -0.891. The van der Waals surface area contributed by atoms with Crippen LogP contribution in [0.25, 0.3) is 0 Å². The van der Waals surface area contributed by atoms with Gasteiger partial charge in [0, 0.05) is 18.2 Å². The van der Waals surface area contributed by atoms with Crippen molar-refractivity contribution in [3.05, 3.63) is 29.3 Å². The molecule has 1 aromatic rings. The van der Waals surface area contributed by atoms with Crippen LogP contribution in [0.2, 0.25) is 0 Å². The number of imide groups is 2. The second-order valence-corrected chi connectivity index (χ2v) is 4.62. The number of hydrogen-bond donors (Lipinski definition) is 0. The molecule has 0 spiro atoms. The quantitative estimate of drug-likeness (QED) is 0.465.